The number of ether oxygens (including phenoxy) is 2. The normalized spacial score (nSPS) is 14.9. The summed E-state index contributed by atoms with van der Waals surface area (Å²) in [7, 11) is 0. The van der Waals surface area contributed by atoms with Crippen LogP contribution in [0, 0.1) is 5.92 Å². The van der Waals surface area contributed by atoms with Gasteiger partial charge in [0, 0.05) is 5.25 Å². The second kappa shape index (κ2) is 7.31. The summed E-state index contributed by atoms with van der Waals surface area (Å²) in [5.74, 6) is 0.0751. The molecule has 2 rings (SSSR count). The topological polar surface area (TPSA) is 52.6 Å². The molecule has 0 heterocycles. The highest BCUT2D eigenvalue weighted by atomic mass is 32.2. The molecule has 0 radical (unpaired) electrons. The van der Waals surface area contributed by atoms with E-state index in [-0.39, 0.29) is 28.2 Å². The van der Waals surface area contributed by atoms with E-state index in [1.807, 2.05) is 19.9 Å². The smallest absolute Gasteiger partial charge is 0.316 e. The third-order valence-electron chi connectivity index (χ3n) is 2.66. The molecular weight excluding hydrogens is 288 g/mol. The Kier molecular flexibility index (Phi) is 5.44. The molecule has 1 aliphatic rings. The van der Waals surface area contributed by atoms with Gasteiger partial charge in [0.2, 0.25) is 5.12 Å². The van der Waals surface area contributed by atoms with Crippen LogP contribution in [0.1, 0.15) is 26.7 Å². The third-order valence-corrected chi connectivity index (χ3v) is 3.48. The van der Waals surface area contributed by atoms with Gasteiger partial charge >= 0.3 is 5.97 Å². The number of thioether (sulfide) groups is 1. The first-order chi connectivity index (χ1) is 10.0. The minimum Gasteiger partial charge on any atom is -0.426 e. The van der Waals surface area contributed by atoms with Crippen LogP contribution in [-0.4, -0.2) is 16.3 Å². The van der Waals surface area contributed by atoms with Crippen molar-refractivity contribution in [2.45, 2.75) is 31.9 Å². The molecule has 0 atom stereocenters. The summed E-state index contributed by atoms with van der Waals surface area (Å²) in [6, 6.07) is 8.94. The van der Waals surface area contributed by atoms with E-state index in [1.54, 1.807) is 24.3 Å². The molecule has 5 heteroatoms. The zero-order chi connectivity index (χ0) is 15.2. The molecule has 0 aliphatic heterocycles. The number of hydrogen-bond donors (Lipinski definition) is 0. The molecule has 0 bridgehead atoms. The van der Waals surface area contributed by atoms with Crippen molar-refractivity contribution in [1.82, 2.24) is 0 Å². The Morgan fingerprint density at radius 3 is 2.48 bits per heavy atom. The van der Waals surface area contributed by atoms with E-state index in [0.29, 0.717) is 5.75 Å². The number of hydrogen-bond acceptors (Lipinski definition) is 5. The predicted molar refractivity (Wildman–Crippen MR) is 81.7 cm³/mol. The fraction of sp³-hybridized carbons (Fsp3) is 0.375. The third kappa shape index (κ3) is 5.63. The van der Waals surface area contributed by atoms with Gasteiger partial charge in [-0.25, -0.2) is 0 Å². The number of carbonyl (C=O) groups is 2. The van der Waals surface area contributed by atoms with Crippen molar-refractivity contribution in [3.05, 3.63) is 42.4 Å². The second-order valence-corrected chi connectivity index (χ2v) is 6.64. The number of esters is 1. The van der Waals surface area contributed by atoms with E-state index in [1.165, 1.54) is 6.08 Å². The van der Waals surface area contributed by atoms with E-state index < -0.39 is 0 Å². The largest absolute Gasteiger partial charge is 0.426 e. The summed E-state index contributed by atoms with van der Waals surface area (Å²) in [4.78, 5) is 23.6. The van der Waals surface area contributed by atoms with Crippen LogP contribution in [-0.2, 0) is 14.3 Å². The first-order valence-electron chi connectivity index (χ1n) is 6.91. The lowest BCUT2D eigenvalue weighted by Gasteiger charge is -2.10. The zero-order valence-corrected chi connectivity index (χ0v) is 12.9. The van der Waals surface area contributed by atoms with Crippen molar-refractivity contribution >= 4 is 22.8 Å². The average Bonchev–Trinajstić information content (AvgIpc) is 3.22. The molecule has 4 nitrogen and oxygen atoms in total. The maximum Gasteiger partial charge on any atom is 0.316 e. The summed E-state index contributed by atoms with van der Waals surface area (Å²) in [6.45, 7) is 3.84. The minimum absolute atomic E-state index is 0.0550. The van der Waals surface area contributed by atoms with Gasteiger partial charge in [-0.15, -0.1) is 0 Å². The van der Waals surface area contributed by atoms with Gasteiger partial charge in [-0.2, -0.15) is 0 Å². The molecule has 0 spiro atoms. The number of rotatable bonds is 6. The van der Waals surface area contributed by atoms with Crippen LogP contribution in [0.5, 0.6) is 5.75 Å². The molecule has 1 aromatic carbocycles. The fourth-order valence-corrected chi connectivity index (χ4v) is 2.18. The van der Waals surface area contributed by atoms with E-state index in [2.05, 4.69) is 0 Å². The molecule has 1 aromatic rings. The van der Waals surface area contributed by atoms with Gasteiger partial charge in [0.1, 0.15) is 5.75 Å². The lowest BCUT2D eigenvalue weighted by molar-refractivity contribution is -0.144. The monoisotopic (exact) mass is 306 g/mol. The highest BCUT2D eigenvalue weighted by molar-refractivity contribution is 8.14. The molecule has 1 saturated carbocycles. The standard InChI is InChI=1S/C16H18O4S/c1-11(2)21-14(17)10-15(20-16(18)12-8-9-12)19-13-6-4-3-5-7-13/h3-7,10-12H,8-9H2,1-2H3/b15-10-. The zero-order valence-electron chi connectivity index (χ0n) is 12.1. The van der Waals surface area contributed by atoms with Gasteiger partial charge in [-0.1, -0.05) is 43.8 Å². The van der Waals surface area contributed by atoms with E-state index >= 15 is 0 Å². The maximum atomic E-state index is 11.8. The Morgan fingerprint density at radius 1 is 1.24 bits per heavy atom. The van der Waals surface area contributed by atoms with Gasteiger partial charge in [-0.3, -0.25) is 9.59 Å². The Balaban J connectivity index is 2.07. The first-order valence-corrected chi connectivity index (χ1v) is 7.79. The summed E-state index contributed by atoms with van der Waals surface area (Å²) in [5.41, 5.74) is 0. The van der Waals surface area contributed by atoms with Crippen LogP contribution in [0.15, 0.2) is 42.4 Å². The highest BCUT2D eigenvalue weighted by Crippen LogP contribution is 2.31. The van der Waals surface area contributed by atoms with Crippen LogP contribution in [0.3, 0.4) is 0 Å². The molecule has 0 unspecified atom stereocenters. The average molecular weight is 306 g/mol. The molecule has 0 saturated heterocycles. The van der Waals surface area contributed by atoms with Gasteiger partial charge < -0.3 is 9.47 Å². The molecule has 0 aromatic heterocycles. The van der Waals surface area contributed by atoms with Gasteiger partial charge in [-0.05, 0) is 25.0 Å². The van der Waals surface area contributed by atoms with Crippen LogP contribution < -0.4 is 4.74 Å². The number of carbonyl (C=O) groups excluding carboxylic acids is 2. The summed E-state index contributed by atoms with van der Waals surface area (Å²) in [5, 5.41) is -0.0367. The van der Waals surface area contributed by atoms with Crippen molar-refractivity contribution < 1.29 is 19.1 Å². The van der Waals surface area contributed by atoms with Crippen LogP contribution in [0.25, 0.3) is 0 Å². The molecule has 1 aliphatic carbocycles. The molecule has 112 valence electrons. The molecule has 21 heavy (non-hydrogen) atoms. The van der Waals surface area contributed by atoms with Crippen molar-refractivity contribution in [2.75, 3.05) is 0 Å². The first kappa shape index (κ1) is 15.6. The predicted octanol–water partition coefficient (Wildman–Crippen LogP) is 3.53. The highest BCUT2D eigenvalue weighted by Gasteiger charge is 2.32. The Bertz CT molecular complexity index is 532. The van der Waals surface area contributed by atoms with Crippen LogP contribution in [0.2, 0.25) is 0 Å². The Hall–Kier alpha value is -1.75. The van der Waals surface area contributed by atoms with Gasteiger partial charge in [0.25, 0.3) is 5.95 Å². The Morgan fingerprint density at radius 2 is 1.90 bits per heavy atom. The summed E-state index contributed by atoms with van der Waals surface area (Å²) >= 11 is 1.16. The molecule has 0 amide bonds. The van der Waals surface area contributed by atoms with E-state index in [4.69, 9.17) is 9.47 Å². The van der Waals surface area contributed by atoms with Crippen molar-refractivity contribution in [1.29, 1.82) is 0 Å². The molecule has 1 fully saturated rings. The maximum absolute atomic E-state index is 11.8. The fourth-order valence-electron chi connectivity index (χ4n) is 1.55. The number of para-hydroxylation sites is 1. The lowest BCUT2D eigenvalue weighted by Crippen LogP contribution is -2.12. The van der Waals surface area contributed by atoms with Crippen molar-refractivity contribution in [2.24, 2.45) is 5.92 Å². The van der Waals surface area contributed by atoms with Crippen molar-refractivity contribution in [3.8, 4) is 5.75 Å². The molecule has 0 N–H and O–H groups in total. The lowest BCUT2D eigenvalue weighted by atomic mass is 10.3. The number of benzene rings is 1. The SMILES string of the molecule is CC(C)SC(=O)/C=C(\OC(=O)C1CC1)Oc1ccccc1. The Labute approximate surface area is 128 Å². The summed E-state index contributed by atoms with van der Waals surface area (Å²) < 4.78 is 10.7. The van der Waals surface area contributed by atoms with Gasteiger partial charge in [0.15, 0.2) is 0 Å². The van der Waals surface area contributed by atoms with E-state index in [9.17, 15) is 9.59 Å². The molecular formula is C16H18O4S. The van der Waals surface area contributed by atoms with E-state index in [0.717, 1.165) is 24.6 Å². The quantitative estimate of drug-likeness (QED) is 0.457. The van der Waals surface area contributed by atoms with Crippen molar-refractivity contribution in [3.63, 3.8) is 0 Å². The second-order valence-electron chi connectivity index (χ2n) is 5.06. The van der Waals surface area contributed by atoms with Crippen LogP contribution in [0.4, 0.5) is 0 Å². The minimum atomic E-state index is -0.334. The van der Waals surface area contributed by atoms with Gasteiger partial charge in [0.05, 0.1) is 12.0 Å². The summed E-state index contributed by atoms with van der Waals surface area (Å²) in [6.07, 6.45) is 2.91. The van der Waals surface area contributed by atoms with Crippen LogP contribution >= 0.6 is 11.8 Å².